The fourth-order valence-electron chi connectivity index (χ4n) is 3.15. The SMILES string of the molecule is O=C(Nc1ccc2ccccc2c1-c1ccccc1O)c1ccc(Cl)cc1. The number of nitrogens with one attached hydrogen (secondary N) is 1. The van der Waals surface area contributed by atoms with Crippen molar-refractivity contribution in [2.45, 2.75) is 0 Å². The maximum Gasteiger partial charge on any atom is 0.255 e. The lowest BCUT2D eigenvalue weighted by atomic mass is 9.95. The predicted octanol–water partition coefficient (Wildman–Crippen LogP) is 6.12. The molecule has 0 aromatic heterocycles. The molecule has 0 bridgehead atoms. The van der Waals surface area contributed by atoms with E-state index in [1.807, 2.05) is 48.5 Å². The number of hydrogen-bond donors (Lipinski definition) is 2. The summed E-state index contributed by atoms with van der Waals surface area (Å²) in [7, 11) is 0. The lowest BCUT2D eigenvalue weighted by molar-refractivity contribution is 0.102. The molecule has 0 unspecified atom stereocenters. The zero-order valence-corrected chi connectivity index (χ0v) is 15.1. The van der Waals surface area contributed by atoms with Crippen LogP contribution in [-0.2, 0) is 0 Å². The van der Waals surface area contributed by atoms with E-state index in [1.165, 1.54) is 0 Å². The van der Waals surface area contributed by atoms with E-state index in [0.29, 0.717) is 21.8 Å². The number of halogens is 1. The molecule has 0 spiro atoms. The number of phenolic OH excluding ortho intramolecular Hbond substituents is 1. The summed E-state index contributed by atoms with van der Waals surface area (Å²) in [5.41, 5.74) is 2.60. The summed E-state index contributed by atoms with van der Waals surface area (Å²) in [4.78, 5) is 12.7. The van der Waals surface area contributed by atoms with Crippen LogP contribution in [0.2, 0.25) is 5.02 Å². The lowest BCUT2D eigenvalue weighted by Crippen LogP contribution is -2.12. The van der Waals surface area contributed by atoms with Crippen molar-refractivity contribution in [1.82, 2.24) is 0 Å². The maximum absolute atomic E-state index is 12.7. The zero-order chi connectivity index (χ0) is 18.8. The molecule has 27 heavy (non-hydrogen) atoms. The smallest absolute Gasteiger partial charge is 0.255 e. The number of amides is 1. The quantitative estimate of drug-likeness (QED) is 0.454. The van der Waals surface area contributed by atoms with E-state index in [2.05, 4.69) is 5.32 Å². The van der Waals surface area contributed by atoms with Gasteiger partial charge >= 0.3 is 0 Å². The average Bonchev–Trinajstić information content (AvgIpc) is 2.69. The summed E-state index contributed by atoms with van der Waals surface area (Å²) in [5, 5.41) is 15.9. The molecule has 2 N–H and O–H groups in total. The van der Waals surface area contributed by atoms with Gasteiger partial charge in [-0.25, -0.2) is 0 Å². The molecule has 0 heterocycles. The first-order valence-electron chi connectivity index (χ1n) is 8.50. The normalized spacial score (nSPS) is 10.7. The van der Waals surface area contributed by atoms with Crippen molar-refractivity contribution >= 4 is 34.0 Å². The van der Waals surface area contributed by atoms with Crippen LogP contribution >= 0.6 is 11.6 Å². The highest BCUT2D eigenvalue weighted by Gasteiger charge is 2.15. The molecule has 0 atom stereocenters. The van der Waals surface area contributed by atoms with E-state index in [9.17, 15) is 9.90 Å². The summed E-state index contributed by atoms with van der Waals surface area (Å²) in [6.45, 7) is 0. The number of para-hydroxylation sites is 1. The molecule has 132 valence electrons. The number of phenols is 1. The van der Waals surface area contributed by atoms with Crippen molar-refractivity contribution < 1.29 is 9.90 Å². The minimum atomic E-state index is -0.237. The Bertz CT molecular complexity index is 1140. The number of carbonyl (C=O) groups is 1. The first kappa shape index (κ1) is 17.1. The maximum atomic E-state index is 12.7. The van der Waals surface area contributed by atoms with Crippen LogP contribution < -0.4 is 5.32 Å². The third-order valence-electron chi connectivity index (χ3n) is 4.46. The Morgan fingerprint density at radius 3 is 2.30 bits per heavy atom. The topological polar surface area (TPSA) is 49.3 Å². The van der Waals surface area contributed by atoms with Gasteiger partial charge in [-0.1, -0.05) is 60.1 Å². The molecule has 0 radical (unpaired) electrons. The van der Waals surface area contributed by atoms with Gasteiger partial charge in [-0.3, -0.25) is 4.79 Å². The Balaban J connectivity index is 1.85. The molecule has 1 amide bonds. The Hall–Kier alpha value is -3.30. The van der Waals surface area contributed by atoms with E-state index in [4.69, 9.17) is 11.6 Å². The van der Waals surface area contributed by atoms with E-state index < -0.39 is 0 Å². The molecule has 3 nitrogen and oxygen atoms in total. The largest absolute Gasteiger partial charge is 0.507 e. The first-order valence-corrected chi connectivity index (χ1v) is 8.88. The van der Waals surface area contributed by atoms with Crippen LogP contribution in [0, 0.1) is 0 Å². The number of benzene rings is 4. The number of carbonyl (C=O) groups excluding carboxylic acids is 1. The molecular weight excluding hydrogens is 358 g/mol. The van der Waals surface area contributed by atoms with Crippen LogP contribution in [0.3, 0.4) is 0 Å². The van der Waals surface area contributed by atoms with E-state index in [1.54, 1.807) is 36.4 Å². The molecule has 4 rings (SSSR count). The molecule has 4 aromatic rings. The predicted molar refractivity (Wildman–Crippen MR) is 110 cm³/mol. The second-order valence-electron chi connectivity index (χ2n) is 6.19. The molecular formula is C23H16ClNO2. The highest BCUT2D eigenvalue weighted by Crippen LogP contribution is 2.39. The molecule has 0 aliphatic heterocycles. The van der Waals surface area contributed by atoms with Gasteiger partial charge in [0.25, 0.3) is 5.91 Å². The highest BCUT2D eigenvalue weighted by molar-refractivity contribution is 6.30. The van der Waals surface area contributed by atoms with Crippen LogP contribution in [0.4, 0.5) is 5.69 Å². The van der Waals surface area contributed by atoms with Crippen molar-refractivity contribution in [2.24, 2.45) is 0 Å². The zero-order valence-electron chi connectivity index (χ0n) is 14.3. The summed E-state index contributed by atoms with van der Waals surface area (Å²) < 4.78 is 0. The minimum absolute atomic E-state index is 0.163. The monoisotopic (exact) mass is 373 g/mol. The Morgan fingerprint density at radius 2 is 1.52 bits per heavy atom. The summed E-state index contributed by atoms with van der Waals surface area (Å²) in [5.74, 6) is -0.0746. The van der Waals surface area contributed by atoms with Crippen LogP contribution in [-0.4, -0.2) is 11.0 Å². The average molecular weight is 374 g/mol. The van der Waals surface area contributed by atoms with Gasteiger partial charge in [0.1, 0.15) is 5.75 Å². The summed E-state index contributed by atoms with van der Waals surface area (Å²) in [6.07, 6.45) is 0. The third kappa shape index (κ3) is 3.37. The fourth-order valence-corrected chi connectivity index (χ4v) is 3.27. The standard InChI is InChI=1S/C23H16ClNO2/c24-17-12-9-16(10-13-17)23(27)25-20-14-11-15-5-1-2-6-18(15)22(20)19-7-3-4-8-21(19)26/h1-14,26H,(H,25,27). The molecule has 0 saturated heterocycles. The van der Waals surface area contributed by atoms with E-state index in [0.717, 1.165) is 16.3 Å². The fraction of sp³-hybridized carbons (Fsp3) is 0. The van der Waals surface area contributed by atoms with Crippen LogP contribution in [0.1, 0.15) is 10.4 Å². The van der Waals surface area contributed by atoms with Crippen molar-refractivity contribution in [3.05, 3.63) is 95.5 Å². The van der Waals surface area contributed by atoms with Crippen LogP contribution in [0.5, 0.6) is 5.75 Å². The Labute approximate surface area is 161 Å². The van der Waals surface area contributed by atoms with Crippen molar-refractivity contribution in [2.75, 3.05) is 5.32 Å². The number of anilines is 1. The van der Waals surface area contributed by atoms with Gasteiger partial charge in [-0.15, -0.1) is 0 Å². The minimum Gasteiger partial charge on any atom is -0.507 e. The van der Waals surface area contributed by atoms with Crippen LogP contribution in [0.15, 0.2) is 84.9 Å². The van der Waals surface area contributed by atoms with Crippen molar-refractivity contribution in [3.63, 3.8) is 0 Å². The van der Waals surface area contributed by atoms with Gasteiger partial charge < -0.3 is 10.4 Å². The molecule has 0 aliphatic rings. The third-order valence-corrected chi connectivity index (χ3v) is 4.71. The van der Waals surface area contributed by atoms with Crippen molar-refractivity contribution in [1.29, 1.82) is 0 Å². The number of aromatic hydroxyl groups is 1. The van der Waals surface area contributed by atoms with Gasteiger partial charge in [0.15, 0.2) is 0 Å². The van der Waals surface area contributed by atoms with Gasteiger partial charge in [0, 0.05) is 27.4 Å². The Morgan fingerprint density at radius 1 is 0.815 bits per heavy atom. The Kier molecular flexibility index (Phi) is 4.53. The molecule has 4 heteroatoms. The number of fused-ring (bicyclic) bond motifs is 1. The summed E-state index contributed by atoms with van der Waals surface area (Å²) in [6, 6.07) is 25.5. The molecule has 0 saturated carbocycles. The number of hydrogen-bond acceptors (Lipinski definition) is 2. The van der Waals surface area contributed by atoms with Crippen LogP contribution in [0.25, 0.3) is 21.9 Å². The second-order valence-corrected chi connectivity index (χ2v) is 6.62. The van der Waals surface area contributed by atoms with E-state index >= 15 is 0 Å². The number of rotatable bonds is 3. The van der Waals surface area contributed by atoms with Gasteiger partial charge in [-0.2, -0.15) is 0 Å². The van der Waals surface area contributed by atoms with Gasteiger partial charge in [-0.05, 0) is 47.2 Å². The van der Waals surface area contributed by atoms with Gasteiger partial charge in [0.2, 0.25) is 0 Å². The van der Waals surface area contributed by atoms with Crippen molar-refractivity contribution in [3.8, 4) is 16.9 Å². The van der Waals surface area contributed by atoms with Gasteiger partial charge in [0.05, 0.1) is 0 Å². The lowest BCUT2D eigenvalue weighted by Gasteiger charge is -2.15. The molecule has 0 aliphatic carbocycles. The summed E-state index contributed by atoms with van der Waals surface area (Å²) >= 11 is 5.91. The first-order chi connectivity index (χ1) is 13.1. The second kappa shape index (κ2) is 7.14. The molecule has 0 fully saturated rings. The van der Waals surface area contributed by atoms with E-state index in [-0.39, 0.29) is 11.7 Å². The highest BCUT2D eigenvalue weighted by atomic mass is 35.5. The molecule has 4 aromatic carbocycles.